The summed E-state index contributed by atoms with van der Waals surface area (Å²) < 4.78 is 7.52. The number of aryl methyl sites for hydroxylation is 3. The first-order chi connectivity index (χ1) is 15.8. The molecule has 0 unspecified atom stereocenters. The van der Waals surface area contributed by atoms with Gasteiger partial charge in [-0.25, -0.2) is 0 Å². The van der Waals surface area contributed by atoms with E-state index in [1.54, 1.807) is 6.20 Å². The fraction of sp³-hybridized carbons (Fsp3) is 0.346. The Morgan fingerprint density at radius 3 is 2.48 bits per heavy atom. The normalized spacial score (nSPS) is 17.8. The summed E-state index contributed by atoms with van der Waals surface area (Å²) in [6.45, 7) is 10.7. The first-order valence-electron chi connectivity index (χ1n) is 11.2. The van der Waals surface area contributed by atoms with Gasteiger partial charge in [0.15, 0.2) is 5.11 Å². The van der Waals surface area contributed by atoms with Gasteiger partial charge in [-0.2, -0.15) is 0 Å². The van der Waals surface area contributed by atoms with E-state index in [0.717, 1.165) is 28.3 Å². The molecular formula is C26H30N4O2S. The predicted molar refractivity (Wildman–Crippen MR) is 134 cm³/mol. The average molecular weight is 463 g/mol. The molecule has 3 heterocycles. The molecule has 6 nitrogen and oxygen atoms in total. The van der Waals surface area contributed by atoms with Crippen LogP contribution in [0.2, 0.25) is 0 Å². The number of nitrogens with one attached hydrogen (secondary N) is 1. The van der Waals surface area contributed by atoms with Crippen molar-refractivity contribution in [2.45, 2.75) is 46.7 Å². The van der Waals surface area contributed by atoms with Gasteiger partial charge in [0.2, 0.25) is 0 Å². The SMILES string of the molecule is CCOC(=O)CN1C(=S)N[C@@H](c2ccccn2)[C@H]1c1cc(C)n(-c2cc(C)cc(C)c2)c1C. The van der Waals surface area contributed by atoms with Gasteiger partial charge < -0.3 is 19.5 Å². The summed E-state index contributed by atoms with van der Waals surface area (Å²) in [6.07, 6.45) is 1.78. The third kappa shape index (κ3) is 4.50. The summed E-state index contributed by atoms with van der Waals surface area (Å²) in [4.78, 5) is 19.0. The maximum atomic E-state index is 12.4. The number of benzene rings is 1. The number of rotatable bonds is 6. The van der Waals surface area contributed by atoms with Crippen molar-refractivity contribution < 1.29 is 9.53 Å². The lowest BCUT2D eigenvalue weighted by Crippen LogP contribution is -2.35. The third-order valence-electron chi connectivity index (χ3n) is 6.06. The molecule has 33 heavy (non-hydrogen) atoms. The topological polar surface area (TPSA) is 59.4 Å². The van der Waals surface area contributed by atoms with E-state index in [4.69, 9.17) is 17.0 Å². The minimum Gasteiger partial charge on any atom is -0.465 e. The number of aromatic nitrogens is 2. The molecule has 1 saturated heterocycles. The minimum absolute atomic E-state index is 0.0842. The van der Waals surface area contributed by atoms with E-state index in [2.05, 4.69) is 66.8 Å². The molecule has 172 valence electrons. The summed E-state index contributed by atoms with van der Waals surface area (Å²) in [5, 5.41) is 3.94. The van der Waals surface area contributed by atoms with Crippen molar-refractivity contribution in [2.75, 3.05) is 13.2 Å². The number of hydrogen-bond donors (Lipinski definition) is 1. The van der Waals surface area contributed by atoms with Gasteiger partial charge in [0, 0.05) is 23.3 Å². The molecule has 0 radical (unpaired) electrons. The largest absolute Gasteiger partial charge is 0.465 e. The zero-order valence-corrected chi connectivity index (χ0v) is 20.6. The molecule has 0 saturated carbocycles. The van der Waals surface area contributed by atoms with Gasteiger partial charge >= 0.3 is 5.97 Å². The van der Waals surface area contributed by atoms with E-state index in [1.165, 1.54) is 11.1 Å². The van der Waals surface area contributed by atoms with Crippen LogP contribution in [0.25, 0.3) is 5.69 Å². The van der Waals surface area contributed by atoms with Crippen molar-refractivity contribution in [3.8, 4) is 5.69 Å². The first kappa shape index (κ1) is 23.0. The van der Waals surface area contributed by atoms with Crippen LogP contribution < -0.4 is 5.32 Å². The molecular weight excluding hydrogens is 432 g/mol. The fourth-order valence-corrected chi connectivity index (χ4v) is 5.13. The lowest BCUT2D eigenvalue weighted by atomic mass is 9.97. The highest BCUT2D eigenvalue weighted by molar-refractivity contribution is 7.80. The van der Waals surface area contributed by atoms with Crippen LogP contribution in [0.3, 0.4) is 0 Å². The van der Waals surface area contributed by atoms with Gasteiger partial charge in [0.1, 0.15) is 6.54 Å². The van der Waals surface area contributed by atoms with Gasteiger partial charge in [-0.3, -0.25) is 9.78 Å². The Labute approximate surface area is 200 Å². The van der Waals surface area contributed by atoms with Crippen LogP contribution in [-0.2, 0) is 9.53 Å². The van der Waals surface area contributed by atoms with Crippen molar-refractivity contribution >= 4 is 23.3 Å². The second kappa shape index (κ2) is 9.35. The Morgan fingerprint density at radius 2 is 1.85 bits per heavy atom. The van der Waals surface area contributed by atoms with Crippen molar-refractivity contribution in [1.29, 1.82) is 0 Å². The molecule has 2 atom stereocenters. The van der Waals surface area contributed by atoms with Crippen LogP contribution in [0.1, 0.15) is 52.8 Å². The van der Waals surface area contributed by atoms with E-state index < -0.39 is 0 Å². The van der Waals surface area contributed by atoms with Gasteiger partial charge in [0.05, 0.1) is 24.4 Å². The number of pyridine rings is 1. The van der Waals surface area contributed by atoms with Crippen LogP contribution in [0.15, 0.2) is 48.7 Å². The fourth-order valence-electron chi connectivity index (χ4n) is 4.82. The molecule has 1 aliphatic heterocycles. The second-order valence-corrected chi connectivity index (χ2v) is 8.95. The lowest BCUT2D eigenvalue weighted by molar-refractivity contribution is -0.143. The van der Waals surface area contributed by atoms with Crippen LogP contribution in [-0.4, -0.2) is 38.7 Å². The average Bonchev–Trinajstić information content (AvgIpc) is 3.23. The van der Waals surface area contributed by atoms with Crippen LogP contribution >= 0.6 is 12.2 Å². The molecule has 2 aromatic heterocycles. The predicted octanol–water partition coefficient (Wildman–Crippen LogP) is 4.64. The molecule has 1 aromatic carbocycles. The quantitative estimate of drug-likeness (QED) is 0.425. The van der Waals surface area contributed by atoms with Gasteiger partial charge in [0.25, 0.3) is 0 Å². The number of carbonyl (C=O) groups is 1. The number of ether oxygens (including phenoxy) is 1. The maximum absolute atomic E-state index is 12.4. The highest BCUT2D eigenvalue weighted by Gasteiger charge is 2.42. The summed E-state index contributed by atoms with van der Waals surface area (Å²) in [6, 6.07) is 14.2. The molecule has 0 spiro atoms. The van der Waals surface area contributed by atoms with E-state index in [1.807, 2.05) is 30.0 Å². The van der Waals surface area contributed by atoms with E-state index in [0.29, 0.717) is 11.7 Å². The molecule has 1 N–H and O–H groups in total. The Balaban J connectivity index is 1.83. The number of thiocarbonyl (C=S) groups is 1. The second-order valence-electron chi connectivity index (χ2n) is 8.57. The van der Waals surface area contributed by atoms with E-state index in [-0.39, 0.29) is 24.6 Å². The van der Waals surface area contributed by atoms with Crippen LogP contribution in [0.4, 0.5) is 0 Å². The highest BCUT2D eigenvalue weighted by Crippen LogP contribution is 2.41. The molecule has 0 aliphatic carbocycles. The Morgan fingerprint density at radius 1 is 1.12 bits per heavy atom. The van der Waals surface area contributed by atoms with E-state index in [9.17, 15) is 4.79 Å². The zero-order chi connectivity index (χ0) is 23.7. The van der Waals surface area contributed by atoms with E-state index >= 15 is 0 Å². The molecule has 1 fully saturated rings. The first-order valence-corrected chi connectivity index (χ1v) is 11.6. The monoisotopic (exact) mass is 462 g/mol. The Bertz CT molecular complexity index is 1170. The number of esters is 1. The lowest BCUT2D eigenvalue weighted by Gasteiger charge is -2.27. The smallest absolute Gasteiger partial charge is 0.325 e. The number of carbonyl (C=O) groups excluding carboxylic acids is 1. The molecule has 3 aromatic rings. The highest BCUT2D eigenvalue weighted by atomic mass is 32.1. The number of hydrogen-bond acceptors (Lipinski definition) is 4. The van der Waals surface area contributed by atoms with Gasteiger partial charge in [-0.15, -0.1) is 0 Å². The standard InChI is InChI=1S/C26H30N4O2S/c1-6-32-23(31)15-29-25(24(28-26(29)33)22-9-7-8-10-27-22)21-14-18(4)30(19(21)5)20-12-16(2)11-17(3)13-20/h7-14,24-25H,6,15H2,1-5H3,(H,28,33)/t24-,25+/m0/s1. The summed E-state index contributed by atoms with van der Waals surface area (Å²) in [5.41, 5.74) is 7.81. The summed E-state index contributed by atoms with van der Waals surface area (Å²) >= 11 is 5.68. The summed E-state index contributed by atoms with van der Waals surface area (Å²) in [7, 11) is 0. The maximum Gasteiger partial charge on any atom is 0.325 e. The Hall–Kier alpha value is -3.19. The molecule has 1 aliphatic rings. The molecule has 0 amide bonds. The van der Waals surface area contributed by atoms with Crippen molar-refractivity contribution in [2.24, 2.45) is 0 Å². The molecule has 0 bridgehead atoms. The van der Waals surface area contributed by atoms with Gasteiger partial charge in [-0.1, -0.05) is 12.1 Å². The van der Waals surface area contributed by atoms with Crippen molar-refractivity contribution in [3.05, 3.63) is 82.4 Å². The molecule has 4 rings (SSSR count). The minimum atomic E-state index is -0.295. The van der Waals surface area contributed by atoms with Crippen LogP contribution in [0.5, 0.6) is 0 Å². The van der Waals surface area contributed by atoms with Gasteiger partial charge in [-0.05, 0) is 93.9 Å². The molecule has 7 heteroatoms. The Kier molecular flexibility index (Phi) is 6.51. The zero-order valence-electron chi connectivity index (χ0n) is 19.8. The van der Waals surface area contributed by atoms with Crippen molar-refractivity contribution in [3.63, 3.8) is 0 Å². The number of nitrogens with zero attached hydrogens (tertiary/aromatic N) is 3. The van der Waals surface area contributed by atoms with Crippen LogP contribution in [0, 0.1) is 27.7 Å². The third-order valence-corrected chi connectivity index (χ3v) is 6.41. The van der Waals surface area contributed by atoms with Crippen molar-refractivity contribution in [1.82, 2.24) is 19.8 Å². The summed E-state index contributed by atoms with van der Waals surface area (Å²) in [5.74, 6) is -0.295.